The molecule has 3 rings (SSSR count). The lowest BCUT2D eigenvalue weighted by molar-refractivity contribution is -0.106. The number of nitrogens with one attached hydrogen (secondary N) is 3. The number of hydrogen-bond donors (Lipinski definition) is 3. The lowest BCUT2D eigenvalue weighted by Gasteiger charge is -2.21. The molecule has 0 spiro atoms. The third-order valence-electron chi connectivity index (χ3n) is 4.35. The molecule has 0 amide bonds. The Morgan fingerprint density at radius 1 is 1.23 bits per heavy atom. The number of amidine groups is 1. The Bertz CT molecular complexity index is 893. The fourth-order valence-corrected chi connectivity index (χ4v) is 2.96. The molecule has 2 aromatic heterocycles. The van der Waals surface area contributed by atoms with Gasteiger partial charge in [-0.15, -0.1) is 0 Å². The number of carbonyl (C=O) groups is 1. The molecule has 0 aromatic carbocycles. The Hall–Kier alpha value is -3.17. The highest BCUT2D eigenvalue weighted by atomic mass is 19.3. The maximum absolute atomic E-state index is 13.7. The summed E-state index contributed by atoms with van der Waals surface area (Å²) in [5.41, 5.74) is 1.61. The minimum absolute atomic E-state index is 0.253. The molecule has 0 bridgehead atoms. The van der Waals surface area contributed by atoms with Gasteiger partial charge >= 0.3 is 5.92 Å². The molecule has 8 nitrogen and oxygen atoms in total. The topological polar surface area (TPSA) is 107 Å². The highest BCUT2D eigenvalue weighted by Crippen LogP contribution is 2.28. The van der Waals surface area contributed by atoms with Crippen LogP contribution in [0, 0.1) is 12.3 Å². The van der Waals surface area contributed by atoms with Gasteiger partial charge in [-0.05, 0) is 26.7 Å². The highest BCUT2D eigenvalue weighted by molar-refractivity contribution is 6.02. The molecular weight excluding hydrogens is 392 g/mol. The number of alkyl halides is 2. The van der Waals surface area contributed by atoms with E-state index in [-0.39, 0.29) is 5.82 Å². The van der Waals surface area contributed by atoms with Gasteiger partial charge in [0.1, 0.15) is 23.8 Å². The van der Waals surface area contributed by atoms with Crippen LogP contribution >= 0.6 is 0 Å². The van der Waals surface area contributed by atoms with Crippen molar-refractivity contribution in [2.24, 2.45) is 0 Å². The lowest BCUT2D eigenvalue weighted by atomic mass is 10.2. The minimum Gasteiger partial charge on any atom is -0.373 e. The molecule has 0 aliphatic carbocycles. The summed E-state index contributed by atoms with van der Waals surface area (Å²) in [7, 11) is 1.74. The van der Waals surface area contributed by atoms with Gasteiger partial charge in [0.25, 0.3) is 0 Å². The van der Waals surface area contributed by atoms with E-state index in [1.165, 1.54) is 6.92 Å². The number of nitrogens with zero attached hydrogens (tertiary/aromatic N) is 4. The van der Waals surface area contributed by atoms with Gasteiger partial charge in [0.15, 0.2) is 0 Å². The fraction of sp³-hybridized carbons (Fsp3) is 0.450. The van der Waals surface area contributed by atoms with Crippen LogP contribution in [0.25, 0.3) is 0 Å². The zero-order chi connectivity index (χ0) is 22.3. The quantitative estimate of drug-likeness (QED) is 0.385. The van der Waals surface area contributed by atoms with Crippen LogP contribution in [-0.2, 0) is 10.7 Å². The summed E-state index contributed by atoms with van der Waals surface area (Å²) in [4.78, 5) is 22.9. The molecular formula is C20H27F2N7O. The molecule has 10 heteroatoms. The number of aldehydes is 1. The van der Waals surface area contributed by atoms with Crippen molar-refractivity contribution in [2.75, 3.05) is 30.8 Å². The van der Waals surface area contributed by atoms with Crippen molar-refractivity contribution in [1.29, 1.82) is 5.41 Å². The summed E-state index contributed by atoms with van der Waals surface area (Å²) in [6.45, 7) is 5.50. The summed E-state index contributed by atoms with van der Waals surface area (Å²) in [5.74, 6) is -2.46. The van der Waals surface area contributed by atoms with Crippen LogP contribution in [0.2, 0.25) is 0 Å². The molecule has 1 aliphatic heterocycles. The Kier molecular flexibility index (Phi) is 7.73. The smallest absolute Gasteiger partial charge is 0.303 e. The van der Waals surface area contributed by atoms with Gasteiger partial charge in [0, 0.05) is 51.1 Å². The second-order valence-electron chi connectivity index (χ2n) is 6.88. The zero-order valence-electron chi connectivity index (χ0n) is 17.6. The van der Waals surface area contributed by atoms with Gasteiger partial charge in [-0.3, -0.25) is 5.41 Å². The number of hydrogen-bond acceptors (Lipinski definition) is 7. The van der Waals surface area contributed by atoms with Crippen molar-refractivity contribution in [1.82, 2.24) is 19.9 Å². The van der Waals surface area contributed by atoms with Crippen molar-refractivity contribution in [3.8, 4) is 0 Å². The van der Waals surface area contributed by atoms with E-state index >= 15 is 0 Å². The molecule has 30 heavy (non-hydrogen) atoms. The van der Waals surface area contributed by atoms with Crippen LogP contribution in [0.15, 0.2) is 18.3 Å². The Balaban J connectivity index is 0.00000101. The van der Waals surface area contributed by atoms with E-state index in [0.29, 0.717) is 28.6 Å². The second kappa shape index (κ2) is 10.0. The van der Waals surface area contributed by atoms with E-state index < -0.39 is 11.7 Å². The standard InChI is InChI=1S/C18H23F2N7.C2H4O/c1-11-8-15(26-17(24-11)18(2,19)20)25-13-9-14(22-3)23-10-12(13)16(21)27-6-4-5-7-27;1-2-3/h8-10,21H,4-7H2,1-3H3,(H2,22,23,24,25,26);2H,1H3. The van der Waals surface area contributed by atoms with Crippen LogP contribution < -0.4 is 10.6 Å². The first-order valence-corrected chi connectivity index (χ1v) is 9.62. The van der Waals surface area contributed by atoms with Gasteiger partial charge in [0.2, 0.25) is 5.82 Å². The van der Waals surface area contributed by atoms with Crippen LogP contribution in [-0.4, -0.2) is 52.1 Å². The predicted molar refractivity (Wildman–Crippen MR) is 113 cm³/mol. The monoisotopic (exact) mass is 419 g/mol. The van der Waals surface area contributed by atoms with Crippen molar-refractivity contribution in [3.63, 3.8) is 0 Å². The number of halogens is 2. The van der Waals surface area contributed by atoms with E-state index in [9.17, 15) is 8.78 Å². The predicted octanol–water partition coefficient (Wildman–Crippen LogP) is 3.70. The highest BCUT2D eigenvalue weighted by Gasteiger charge is 2.29. The van der Waals surface area contributed by atoms with Crippen LogP contribution in [0.5, 0.6) is 0 Å². The number of aromatic nitrogens is 3. The Labute approximate surface area is 174 Å². The molecule has 1 saturated heterocycles. The number of pyridine rings is 1. The Morgan fingerprint density at radius 3 is 2.43 bits per heavy atom. The summed E-state index contributed by atoms with van der Waals surface area (Å²) < 4.78 is 27.3. The van der Waals surface area contributed by atoms with Gasteiger partial charge in [-0.1, -0.05) is 0 Å². The number of aryl methyl sites for hydroxylation is 1. The third-order valence-corrected chi connectivity index (χ3v) is 4.35. The molecule has 0 unspecified atom stereocenters. The molecule has 0 saturated carbocycles. The third kappa shape index (κ3) is 5.91. The first-order chi connectivity index (χ1) is 14.2. The average Bonchev–Trinajstić information content (AvgIpc) is 3.22. The average molecular weight is 419 g/mol. The summed E-state index contributed by atoms with van der Waals surface area (Å²) in [6.07, 6.45) is 4.46. The van der Waals surface area contributed by atoms with Crippen molar-refractivity contribution >= 4 is 29.4 Å². The van der Waals surface area contributed by atoms with Gasteiger partial charge in [-0.2, -0.15) is 8.78 Å². The maximum Gasteiger partial charge on any atom is 0.303 e. The van der Waals surface area contributed by atoms with Crippen molar-refractivity contribution < 1.29 is 13.6 Å². The molecule has 1 aliphatic rings. The number of likely N-dealkylation sites (tertiary alicyclic amines) is 1. The largest absolute Gasteiger partial charge is 0.373 e. The molecule has 0 atom stereocenters. The van der Waals surface area contributed by atoms with Gasteiger partial charge < -0.3 is 20.3 Å². The molecule has 0 radical (unpaired) electrons. The molecule has 1 fully saturated rings. The number of carbonyl (C=O) groups excluding carboxylic acids is 1. The molecule has 3 N–H and O–H groups in total. The molecule has 162 valence electrons. The maximum atomic E-state index is 13.7. The minimum atomic E-state index is -3.14. The van der Waals surface area contributed by atoms with Gasteiger partial charge in [0.05, 0.1) is 11.3 Å². The van der Waals surface area contributed by atoms with Crippen LogP contribution in [0.1, 0.15) is 43.8 Å². The van der Waals surface area contributed by atoms with Crippen molar-refractivity contribution in [2.45, 2.75) is 39.5 Å². The van der Waals surface area contributed by atoms with Crippen molar-refractivity contribution in [3.05, 3.63) is 35.4 Å². The number of anilines is 3. The first-order valence-electron chi connectivity index (χ1n) is 9.62. The Morgan fingerprint density at radius 2 is 1.87 bits per heavy atom. The summed E-state index contributed by atoms with van der Waals surface area (Å²) in [5, 5.41) is 14.5. The molecule has 3 heterocycles. The van der Waals surface area contributed by atoms with E-state index in [0.717, 1.165) is 39.1 Å². The SMILES string of the molecule is CC=O.CNc1cc(Nc2cc(C)nc(C(C)(F)F)n2)c(C(=N)N2CCCC2)cn1. The van der Waals surface area contributed by atoms with E-state index in [2.05, 4.69) is 25.6 Å². The van der Waals surface area contributed by atoms with E-state index in [4.69, 9.17) is 10.2 Å². The number of rotatable bonds is 5. The van der Waals surface area contributed by atoms with Crippen LogP contribution in [0.3, 0.4) is 0 Å². The normalized spacial score (nSPS) is 13.3. The summed E-state index contributed by atoms with van der Waals surface area (Å²) in [6, 6.07) is 3.33. The molecule has 2 aromatic rings. The fourth-order valence-electron chi connectivity index (χ4n) is 2.96. The van der Waals surface area contributed by atoms with E-state index in [1.54, 1.807) is 32.3 Å². The van der Waals surface area contributed by atoms with Gasteiger partial charge in [-0.25, -0.2) is 15.0 Å². The second-order valence-corrected chi connectivity index (χ2v) is 6.88. The summed E-state index contributed by atoms with van der Waals surface area (Å²) >= 11 is 0. The zero-order valence-corrected chi connectivity index (χ0v) is 17.6. The van der Waals surface area contributed by atoms with E-state index in [1.807, 2.05) is 4.90 Å². The lowest BCUT2D eigenvalue weighted by Crippen LogP contribution is -2.28. The van der Waals surface area contributed by atoms with Crippen LogP contribution in [0.4, 0.5) is 26.1 Å². The first kappa shape index (κ1) is 23.1.